The van der Waals surface area contributed by atoms with E-state index in [4.69, 9.17) is 5.73 Å². The molecule has 0 aliphatic rings. The van der Waals surface area contributed by atoms with Crippen LogP contribution in [0.4, 0.5) is 23.4 Å². The van der Waals surface area contributed by atoms with Gasteiger partial charge in [-0.15, -0.1) is 0 Å². The van der Waals surface area contributed by atoms with Gasteiger partial charge in [-0.3, -0.25) is 4.68 Å². The van der Waals surface area contributed by atoms with Crippen LogP contribution in [0, 0.1) is 23.3 Å². The monoisotopic (exact) mass is 245 g/mol. The van der Waals surface area contributed by atoms with Crippen LogP contribution in [0.1, 0.15) is 0 Å². The third kappa shape index (κ3) is 1.73. The minimum absolute atomic E-state index is 0.114. The van der Waals surface area contributed by atoms with Crippen LogP contribution in [0.25, 0.3) is 11.3 Å². The zero-order valence-corrected chi connectivity index (χ0v) is 8.64. The minimum atomic E-state index is -1.50. The fraction of sp³-hybridized carbons (Fsp3) is 0.100. The first-order valence-corrected chi connectivity index (χ1v) is 4.54. The number of anilines is 1. The maximum Gasteiger partial charge on any atom is 0.171 e. The van der Waals surface area contributed by atoms with Crippen LogP contribution in [0.5, 0.6) is 0 Å². The topological polar surface area (TPSA) is 43.8 Å². The van der Waals surface area contributed by atoms with Gasteiger partial charge in [-0.05, 0) is 0 Å². The fourth-order valence-corrected chi connectivity index (χ4v) is 1.40. The van der Waals surface area contributed by atoms with E-state index in [0.717, 1.165) is 10.7 Å². The molecule has 0 aliphatic heterocycles. The predicted molar refractivity (Wildman–Crippen MR) is 52.9 cm³/mol. The molecule has 7 heteroatoms. The highest BCUT2D eigenvalue weighted by atomic mass is 19.2. The van der Waals surface area contributed by atoms with Gasteiger partial charge in [0.1, 0.15) is 11.5 Å². The lowest BCUT2D eigenvalue weighted by Gasteiger charge is -2.03. The second-order valence-electron chi connectivity index (χ2n) is 3.42. The number of nitrogens with two attached hydrogens (primary N) is 1. The molecule has 0 aliphatic carbocycles. The fourth-order valence-electron chi connectivity index (χ4n) is 1.40. The molecule has 0 amide bonds. The Morgan fingerprint density at radius 3 is 2.00 bits per heavy atom. The summed E-state index contributed by atoms with van der Waals surface area (Å²) in [6.45, 7) is 0. The third-order valence-corrected chi connectivity index (χ3v) is 2.28. The maximum absolute atomic E-state index is 13.4. The number of benzene rings is 1. The number of nitrogens with zero attached hydrogens (tertiary/aromatic N) is 2. The molecule has 1 aromatic carbocycles. The van der Waals surface area contributed by atoms with Crippen molar-refractivity contribution >= 4 is 5.82 Å². The Bertz CT molecular complexity index is 546. The summed E-state index contributed by atoms with van der Waals surface area (Å²) in [5, 5.41) is 3.66. The van der Waals surface area contributed by atoms with Crippen molar-refractivity contribution in [1.82, 2.24) is 9.78 Å². The summed E-state index contributed by atoms with van der Waals surface area (Å²) in [6.07, 6.45) is 0. The van der Waals surface area contributed by atoms with Gasteiger partial charge in [-0.2, -0.15) is 5.10 Å². The second-order valence-corrected chi connectivity index (χ2v) is 3.42. The molecule has 1 aromatic heterocycles. The first-order valence-electron chi connectivity index (χ1n) is 4.54. The largest absolute Gasteiger partial charge is 0.384 e. The first-order chi connectivity index (χ1) is 7.91. The van der Waals surface area contributed by atoms with Crippen LogP contribution in [-0.2, 0) is 7.05 Å². The molecular weight excluding hydrogens is 238 g/mol. The van der Waals surface area contributed by atoms with Gasteiger partial charge < -0.3 is 5.73 Å². The van der Waals surface area contributed by atoms with Crippen molar-refractivity contribution in [2.45, 2.75) is 0 Å². The van der Waals surface area contributed by atoms with E-state index < -0.39 is 28.8 Å². The van der Waals surface area contributed by atoms with E-state index in [1.54, 1.807) is 0 Å². The summed E-state index contributed by atoms with van der Waals surface area (Å²) in [6, 6.07) is 1.26. The Morgan fingerprint density at radius 1 is 1.06 bits per heavy atom. The van der Waals surface area contributed by atoms with Crippen molar-refractivity contribution in [3.8, 4) is 11.3 Å². The number of aromatic nitrogens is 2. The summed E-state index contributed by atoms with van der Waals surface area (Å²) < 4.78 is 53.9. The molecule has 3 nitrogen and oxygen atoms in total. The second kappa shape index (κ2) is 3.76. The smallest absolute Gasteiger partial charge is 0.171 e. The number of nitrogen functional groups attached to an aromatic ring is 1. The Labute approximate surface area is 93.5 Å². The SMILES string of the molecule is Cn1nc(-c2c(F)c(F)cc(F)c2F)cc1N. The van der Waals surface area contributed by atoms with Gasteiger partial charge >= 0.3 is 0 Å². The standard InChI is InChI=1S/C10H7F4N3/c1-17-7(15)3-6(16-17)8-9(13)4(11)2-5(12)10(8)14/h2-3H,15H2,1H3. The van der Waals surface area contributed by atoms with Crippen LogP contribution in [0.15, 0.2) is 12.1 Å². The first kappa shape index (κ1) is 11.4. The van der Waals surface area contributed by atoms with Gasteiger partial charge in [0.05, 0.1) is 5.56 Å². The number of aryl methyl sites for hydroxylation is 1. The highest BCUT2D eigenvalue weighted by Gasteiger charge is 2.22. The van der Waals surface area contributed by atoms with Crippen molar-refractivity contribution < 1.29 is 17.6 Å². The average Bonchev–Trinajstić information content (AvgIpc) is 2.57. The maximum atomic E-state index is 13.4. The lowest BCUT2D eigenvalue weighted by Crippen LogP contribution is -2.00. The normalized spacial score (nSPS) is 10.9. The van der Waals surface area contributed by atoms with Crippen molar-refractivity contribution in [3.63, 3.8) is 0 Å². The molecule has 0 atom stereocenters. The Balaban J connectivity index is 2.74. The van der Waals surface area contributed by atoms with E-state index in [0.29, 0.717) is 0 Å². The molecular formula is C10H7F4N3. The summed E-state index contributed by atoms with van der Waals surface area (Å²) in [7, 11) is 1.43. The van der Waals surface area contributed by atoms with E-state index in [1.807, 2.05) is 0 Å². The summed E-state index contributed by atoms with van der Waals surface area (Å²) in [5.74, 6) is -5.85. The zero-order valence-electron chi connectivity index (χ0n) is 8.64. The van der Waals surface area contributed by atoms with Crippen LogP contribution < -0.4 is 5.73 Å². The van der Waals surface area contributed by atoms with Crippen LogP contribution in [0.2, 0.25) is 0 Å². The van der Waals surface area contributed by atoms with E-state index >= 15 is 0 Å². The zero-order chi connectivity index (χ0) is 12.7. The van der Waals surface area contributed by atoms with Gasteiger partial charge in [0.25, 0.3) is 0 Å². The molecule has 2 aromatic rings. The molecule has 17 heavy (non-hydrogen) atoms. The molecule has 0 saturated heterocycles. The number of hydrogen-bond donors (Lipinski definition) is 1. The highest BCUT2D eigenvalue weighted by molar-refractivity contribution is 5.64. The van der Waals surface area contributed by atoms with Crippen molar-refractivity contribution in [1.29, 1.82) is 0 Å². The lowest BCUT2D eigenvalue weighted by atomic mass is 10.1. The molecule has 0 radical (unpaired) electrons. The quantitative estimate of drug-likeness (QED) is 0.618. The minimum Gasteiger partial charge on any atom is -0.384 e. The number of halogens is 4. The molecule has 0 saturated carbocycles. The van der Waals surface area contributed by atoms with Crippen LogP contribution in [0.3, 0.4) is 0 Å². The molecule has 0 unspecified atom stereocenters. The molecule has 90 valence electrons. The molecule has 1 heterocycles. The Hall–Kier alpha value is -2.05. The van der Waals surface area contributed by atoms with Crippen LogP contribution >= 0.6 is 0 Å². The molecule has 0 spiro atoms. The van der Waals surface area contributed by atoms with Crippen molar-refractivity contribution in [2.24, 2.45) is 7.05 Å². The lowest BCUT2D eigenvalue weighted by molar-refractivity contribution is 0.457. The number of rotatable bonds is 1. The third-order valence-electron chi connectivity index (χ3n) is 2.28. The van der Waals surface area contributed by atoms with E-state index in [1.165, 1.54) is 7.05 Å². The van der Waals surface area contributed by atoms with Crippen molar-refractivity contribution in [2.75, 3.05) is 5.73 Å². The van der Waals surface area contributed by atoms with Crippen LogP contribution in [-0.4, -0.2) is 9.78 Å². The van der Waals surface area contributed by atoms with E-state index in [-0.39, 0.29) is 17.6 Å². The number of hydrogen-bond acceptors (Lipinski definition) is 2. The Kier molecular flexibility index (Phi) is 2.53. The summed E-state index contributed by atoms with van der Waals surface area (Å²) in [4.78, 5) is 0. The molecule has 2 rings (SSSR count). The van der Waals surface area contributed by atoms with Gasteiger partial charge in [0.15, 0.2) is 23.3 Å². The average molecular weight is 245 g/mol. The molecule has 0 bridgehead atoms. The Morgan fingerprint density at radius 2 is 1.59 bits per heavy atom. The predicted octanol–water partition coefficient (Wildman–Crippen LogP) is 2.23. The van der Waals surface area contributed by atoms with Gasteiger partial charge in [0, 0.05) is 19.2 Å². The van der Waals surface area contributed by atoms with Gasteiger partial charge in [0.2, 0.25) is 0 Å². The van der Waals surface area contributed by atoms with Crippen molar-refractivity contribution in [3.05, 3.63) is 35.4 Å². The summed E-state index contributed by atoms with van der Waals surface area (Å²) >= 11 is 0. The molecule has 2 N–H and O–H groups in total. The van der Waals surface area contributed by atoms with E-state index in [9.17, 15) is 17.6 Å². The highest BCUT2D eigenvalue weighted by Crippen LogP contribution is 2.29. The van der Waals surface area contributed by atoms with Gasteiger partial charge in [-0.1, -0.05) is 0 Å². The molecule has 0 fully saturated rings. The van der Waals surface area contributed by atoms with Gasteiger partial charge in [-0.25, -0.2) is 17.6 Å². The van der Waals surface area contributed by atoms with E-state index in [2.05, 4.69) is 5.10 Å². The summed E-state index contributed by atoms with van der Waals surface area (Å²) in [5.41, 5.74) is 4.29.